The fourth-order valence-corrected chi connectivity index (χ4v) is 0.959. The highest BCUT2D eigenvalue weighted by Crippen LogP contribution is 2.16. The van der Waals surface area contributed by atoms with Crippen molar-refractivity contribution in [2.24, 2.45) is 0 Å². The van der Waals surface area contributed by atoms with Gasteiger partial charge in [-0.05, 0) is 12.8 Å². The van der Waals surface area contributed by atoms with Crippen LogP contribution in [0.2, 0.25) is 0 Å². The van der Waals surface area contributed by atoms with Crippen molar-refractivity contribution in [3.05, 3.63) is 24.6 Å². The van der Waals surface area contributed by atoms with Crippen LogP contribution in [0.4, 0.5) is 0 Å². The Bertz CT molecular complexity index is 151. The van der Waals surface area contributed by atoms with E-state index in [0.717, 1.165) is 18.5 Å². The fraction of sp³-hybridized carbons (Fsp3) is 0.429. The highest BCUT2D eigenvalue weighted by molar-refractivity contribution is 5.09. The molecule has 0 amide bonds. The van der Waals surface area contributed by atoms with Crippen molar-refractivity contribution >= 4 is 0 Å². The van der Waals surface area contributed by atoms with E-state index >= 15 is 0 Å². The van der Waals surface area contributed by atoms with E-state index in [0.29, 0.717) is 0 Å². The average Bonchev–Trinajstić information content (AvgIpc) is 2.14. The van der Waals surface area contributed by atoms with Crippen molar-refractivity contribution in [3.8, 4) is 0 Å². The van der Waals surface area contributed by atoms with E-state index in [4.69, 9.17) is 5.11 Å². The molecule has 1 aliphatic heterocycles. The van der Waals surface area contributed by atoms with Crippen LogP contribution >= 0.6 is 0 Å². The Balaban J connectivity index is 2.48. The second-order valence-corrected chi connectivity index (χ2v) is 2.33. The predicted octanol–water partition coefficient (Wildman–Crippen LogP) is 1.32. The van der Waals surface area contributed by atoms with E-state index in [-0.39, 0.29) is 11.8 Å². The molecule has 1 atom stereocenters. The zero-order chi connectivity index (χ0) is 6.85. The average molecular weight is 125 g/mol. The summed E-state index contributed by atoms with van der Waals surface area (Å²) < 4.78 is 0. The van der Waals surface area contributed by atoms with E-state index in [1.54, 1.807) is 0 Å². The van der Waals surface area contributed by atoms with Crippen molar-refractivity contribution < 1.29 is 5.11 Å². The normalized spacial score (nSPS) is 25.8. The number of hydrogen-bond donors (Lipinski definition) is 2. The van der Waals surface area contributed by atoms with Gasteiger partial charge in [0, 0.05) is 5.70 Å². The van der Waals surface area contributed by atoms with Crippen LogP contribution in [0.5, 0.6) is 0 Å². The van der Waals surface area contributed by atoms with Crippen molar-refractivity contribution in [2.75, 3.05) is 0 Å². The van der Waals surface area contributed by atoms with Crippen LogP contribution in [0.25, 0.3) is 0 Å². The Morgan fingerprint density at radius 3 is 2.67 bits per heavy atom. The van der Waals surface area contributed by atoms with Gasteiger partial charge >= 0.3 is 0 Å². The highest BCUT2D eigenvalue weighted by atomic mass is 16.3. The third-order valence-corrected chi connectivity index (χ3v) is 1.52. The van der Waals surface area contributed by atoms with Crippen molar-refractivity contribution in [3.63, 3.8) is 0 Å². The summed E-state index contributed by atoms with van der Waals surface area (Å²) >= 11 is 0. The van der Waals surface area contributed by atoms with Gasteiger partial charge in [0.1, 0.15) is 5.76 Å². The van der Waals surface area contributed by atoms with E-state index in [1.165, 1.54) is 0 Å². The summed E-state index contributed by atoms with van der Waals surface area (Å²) in [4.78, 5) is 0. The molecule has 0 bridgehead atoms. The van der Waals surface area contributed by atoms with Gasteiger partial charge in [-0.15, -0.1) is 0 Å². The molecule has 1 aliphatic rings. The molecule has 9 heavy (non-hydrogen) atoms. The van der Waals surface area contributed by atoms with Gasteiger partial charge in [0.25, 0.3) is 0 Å². The minimum Gasteiger partial charge on any atom is -0.511 e. The molecule has 0 aromatic heterocycles. The summed E-state index contributed by atoms with van der Waals surface area (Å²) in [5, 5.41) is 11.9. The van der Waals surface area contributed by atoms with Crippen LogP contribution in [0.3, 0.4) is 0 Å². The second-order valence-electron chi connectivity index (χ2n) is 2.33. The quantitative estimate of drug-likeness (QED) is 0.518. The van der Waals surface area contributed by atoms with E-state index < -0.39 is 0 Å². The zero-order valence-electron chi connectivity index (χ0n) is 5.35. The topological polar surface area (TPSA) is 32.3 Å². The predicted molar refractivity (Wildman–Crippen MR) is 37.1 cm³/mol. The Hall–Kier alpha value is -0.920. The first-order valence-electron chi connectivity index (χ1n) is 3.02. The number of aliphatic hydroxyl groups excluding tert-OH is 1. The third-order valence-electron chi connectivity index (χ3n) is 1.52. The molecule has 0 aromatic rings. The van der Waals surface area contributed by atoms with Crippen LogP contribution in [0, 0.1) is 0 Å². The minimum atomic E-state index is 0.0532. The monoisotopic (exact) mass is 125 g/mol. The number of nitrogens with one attached hydrogen (secondary N) is 1. The Morgan fingerprint density at radius 2 is 2.44 bits per heavy atom. The summed E-state index contributed by atoms with van der Waals surface area (Å²) in [5.74, 6) is 0.216. The van der Waals surface area contributed by atoms with Crippen LogP contribution in [0.1, 0.15) is 12.8 Å². The summed E-state index contributed by atoms with van der Waals surface area (Å²) in [6, 6.07) is 0.0532. The molecule has 0 radical (unpaired) electrons. The highest BCUT2D eigenvalue weighted by Gasteiger charge is 2.18. The van der Waals surface area contributed by atoms with Crippen molar-refractivity contribution in [2.45, 2.75) is 18.9 Å². The molecule has 1 rings (SSSR count). The molecule has 0 saturated carbocycles. The van der Waals surface area contributed by atoms with Gasteiger partial charge in [0.15, 0.2) is 0 Å². The van der Waals surface area contributed by atoms with E-state index in [1.807, 2.05) is 0 Å². The Morgan fingerprint density at radius 1 is 1.78 bits per heavy atom. The van der Waals surface area contributed by atoms with Crippen molar-refractivity contribution in [1.82, 2.24) is 5.32 Å². The van der Waals surface area contributed by atoms with Crippen LogP contribution in [-0.2, 0) is 0 Å². The van der Waals surface area contributed by atoms with Gasteiger partial charge < -0.3 is 10.4 Å². The Labute approximate surface area is 54.9 Å². The van der Waals surface area contributed by atoms with Crippen LogP contribution < -0.4 is 5.32 Å². The van der Waals surface area contributed by atoms with Crippen molar-refractivity contribution in [1.29, 1.82) is 0 Å². The SMILES string of the molecule is C=C1CCC(C(=C)O)N1. The Kier molecular flexibility index (Phi) is 1.47. The molecule has 2 N–H and O–H groups in total. The van der Waals surface area contributed by atoms with Gasteiger partial charge in [-0.25, -0.2) is 0 Å². The molecule has 1 unspecified atom stereocenters. The largest absolute Gasteiger partial charge is 0.511 e. The molecule has 1 heterocycles. The minimum absolute atomic E-state index is 0.0532. The second kappa shape index (κ2) is 2.13. The number of allylic oxidation sites excluding steroid dienone is 1. The van der Waals surface area contributed by atoms with Gasteiger partial charge in [-0.3, -0.25) is 0 Å². The maximum absolute atomic E-state index is 8.87. The first kappa shape index (κ1) is 6.20. The smallest absolute Gasteiger partial charge is 0.107 e. The first-order chi connectivity index (χ1) is 4.20. The maximum Gasteiger partial charge on any atom is 0.107 e. The molecule has 50 valence electrons. The summed E-state index contributed by atoms with van der Waals surface area (Å²) in [6.07, 6.45) is 1.87. The lowest BCUT2D eigenvalue weighted by molar-refractivity contribution is 0.359. The number of rotatable bonds is 1. The van der Waals surface area contributed by atoms with Gasteiger partial charge in [-0.2, -0.15) is 0 Å². The molecule has 1 fully saturated rings. The molecular weight excluding hydrogens is 114 g/mol. The lowest BCUT2D eigenvalue weighted by Crippen LogP contribution is -2.21. The molecule has 1 saturated heterocycles. The maximum atomic E-state index is 8.87. The third kappa shape index (κ3) is 1.25. The van der Waals surface area contributed by atoms with E-state index in [9.17, 15) is 0 Å². The number of hydrogen-bond acceptors (Lipinski definition) is 2. The molecule has 2 nitrogen and oxygen atoms in total. The van der Waals surface area contributed by atoms with Gasteiger partial charge in [0.05, 0.1) is 6.04 Å². The van der Waals surface area contributed by atoms with Crippen LogP contribution in [0.15, 0.2) is 24.6 Å². The first-order valence-corrected chi connectivity index (χ1v) is 3.02. The molecule has 2 heteroatoms. The fourth-order valence-electron chi connectivity index (χ4n) is 0.959. The summed E-state index contributed by atoms with van der Waals surface area (Å²) in [5.41, 5.74) is 0.996. The van der Waals surface area contributed by atoms with Gasteiger partial charge in [0.2, 0.25) is 0 Å². The molecular formula is C7H11NO. The number of aliphatic hydroxyl groups is 1. The lowest BCUT2D eigenvalue weighted by Gasteiger charge is -2.06. The van der Waals surface area contributed by atoms with Gasteiger partial charge in [-0.1, -0.05) is 13.2 Å². The zero-order valence-corrected chi connectivity index (χ0v) is 5.35. The molecule has 0 aliphatic carbocycles. The molecule has 0 spiro atoms. The summed E-state index contributed by atoms with van der Waals surface area (Å²) in [7, 11) is 0. The molecule has 0 aromatic carbocycles. The van der Waals surface area contributed by atoms with E-state index in [2.05, 4.69) is 18.5 Å². The van der Waals surface area contributed by atoms with Crippen LogP contribution in [-0.4, -0.2) is 11.1 Å². The lowest BCUT2D eigenvalue weighted by atomic mass is 10.2. The standard InChI is InChI=1S/C7H11NO/c1-5-3-4-7(8-5)6(2)9/h7-9H,1-4H2. The summed E-state index contributed by atoms with van der Waals surface area (Å²) in [6.45, 7) is 7.15.